The molecular formula is C42H28BF15Zr+2. The van der Waals surface area contributed by atoms with Crippen molar-refractivity contribution >= 4 is 22.5 Å². The van der Waals surface area contributed by atoms with Crippen molar-refractivity contribution in [2.45, 2.75) is 70.5 Å². The van der Waals surface area contributed by atoms with Crippen molar-refractivity contribution in [1.82, 2.24) is 0 Å². The molecule has 0 aliphatic heterocycles. The second kappa shape index (κ2) is 18.9. The minimum absolute atomic E-state index is 0. The van der Waals surface area contributed by atoms with Crippen molar-refractivity contribution in [1.29, 1.82) is 0 Å². The van der Waals surface area contributed by atoms with Crippen LogP contribution in [0.25, 0.3) is 0 Å². The molecule has 3 aromatic carbocycles. The van der Waals surface area contributed by atoms with E-state index in [1.165, 1.54) is 64.2 Å². The predicted molar refractivity (Wildman–Crippen MR) is 184 cm³/mol. The van der Waals surface area contributed by atoms with Crippen LogP contribution in [0.2, 0.25) is 6.32 Å². The summed E-state index contributed by atoms with van der Waals surface area (Å²) < 4.78 is 216. The van der Waals surface area contributed by atoms with Crippen molar-refractivity contribution < 1.29 is 92.1 Å². The number of fused-ring (bicyclic) bond motifs is 2. The SMILES string of the molecule is [CH2-]C#CC[B-](c1c(F)c(F)c(F)c(F)c1F)(c1c(F)c(F)c(F)c(F)c1F)c1c(F)c(F)c(F)c(F)c1F.[CH]1[CH][C](CC[C]2[CH][CH][C]3CCCC[C]32)[C]2CCCC[C]12.[Zr+4]. The van der Waals surface area contributed by atoms with Gasteiger partial charge in [0.25, 0.3) is 0 Å². The fraction of sp³-hybridized carbons (Fsp3) is 0.262. The summed E-state index contributed by atoms with van der Waals surface area (Å²) in [6, 6.07) is 0. The Kier molecular flexibility index (Phi) is 15.1. The first kappa shape index (κ1) is 47.0. The van der Waals surface area contributed by atoms with Crippen LogP contribution in [0.1, 0.15) is 64.2 Å². The van der Waals surface area contributed by atoms with Gasteiger partial charge in [-0.3, -0.25) is 0 Å². The van der Waals surface area contributed by atoms with Gasteiger partial charge in [0.1, 0.15) is 34.9 Å². The summed E-state index contributed by atoms with van der Waals surface area (Å²) in [6.07, 6.45) is 15.3. The van der Waals surface area contributed by atoms with E-state index in [0.29, 0.717) is 0 Å². The first-order valence-corrected chi connectivity index (χ1v) is 18.0. The summed E-state index contributed by atoms with van der Waals surface area (Å²) in [5.74, 6) is -32.6. The Morgan fingerprint density at radius 2 is 0.678 bits per heavy atom. The van der Waals surface area contributed by atoms with E-state index in [2.05, 4.69) is 32.6 Å². The number of rotatable bonds is 7. The molecule has 3 aromatic rings. The molecule has 17 heteroatoms. The summed E-state index contributed by atoms with van der Waals surface area (Å²) >= 11 is 0. The predicted octanol–water partition coefficient (Wildman–Crippen LogP) is 10.3. The van der Waals surface area contributed by atoms with Gasteiger partial charge in [0.05, 0.1) is 6.15 Å². The van der Waals surface area contributed by atoms with E-state index >= 15 is 26.3 Å². The number of benzene rings is 3. The molecule has 4 aliphatic rings. The quantitative estimate of drug-likeness (QED) is 0.0553. The first-order chi connectivity index (χ1) is 27.5. The van der Waals surface area contributed by atoms with Gasteiger partial charge in [-0.2, -0.15) is 13.2 Å². The molecule has 10 radical (unpaired) electrons. The molecule has 0 unspecified atom stereocenters. The largest absolute Gasteiger partial charge is 4.00 e. The van der Waals surface area contributed by atoms with E-state index in [0.717, 1.165) is 0 Å². The van der Waals surface area contributed by atoms with Crippen LogP contribution in [-0.2, 0) is 26.2 Å². The van der Waals surface area contributed by atoms with Crippen LogP contribution in [0.3, 0.4) is 0 Å². The van der Waals surface area contributed by atoms with E-state index < -0.39 is 116 Å². The topological polar surface area (TPSA) is 0 Å². The van der Waals surface area contributed by atoms with Crippen LogP contribution in [-0.4, -0.2) is 6.15 Å². The van der Waals surface area contributed by atoms with Gasteiger partial charge >= 0.3 is 26.2 Å². The molecule has 4 saturated carbocycles. The zero-order valence-electron chi connectivity index (χ0n) is 30.5. The monoisotopic (exact) mass is 918 g/mol. The van der Waals surface area contributed by atoms with Crippen LogP contribution < -0.4 is 16.4 Å². The fourth-order valence-electron chi connectivity index (χ4n) is 8.43. The Hall–Kier alpha value is -3.01. The molecule has 0 heterocycles. The first-order valence-electron chi connectivity index (χ1n) is 18.0. The maximum Gasteiger partial charge on any atom is 4.00 e. The second-order valence-corrected chi connectivity index (χ2v) is 14.2. The molecule has 0 atom stereocenters. The Morgan fingerprint density at radius 3 is 0.966 bits per heavy atom. The molecule has 4 aliphatic carbocycles. The standard InChI is InChI=1S/C22H4BF15.C20H24.Zr/c1-2-3-4-23(5-8(24)14(30)20(36)15(31)9(5)25,6-10(26)16(32)21(37)17(33)11(6)27)7-12(28)18(34)22(38)19(35)13(7)29;1-3-7-19-15(5-1)9-11-17(19)13-14-18-12-10-16-6-2-4-8-20(16)18;/h1,4H2;9-12H,1-8,13-14H2;/q-2;;+4. The van der Waals surface area contributed by atoms with Gasteiger partial charge in [-0.05, 0) is 99.7 Å². The Balaban J connectivity index is 0.000000262. The van der Waals surface area contributed by atoms with Crippen LogP contribution in [0.5, 0.6) is 0 Å². The normalized spacial score (nSPS) is 18.2. The molecule has 0 aromatic heterocycles. The van der Waals surface area contributed by atoms with Gasteiger partial charge in [0, 0.05) is 0 Å². The summed E-state index contributed by atoms with van der Waals surface area (Å²) in [6.45, 7) is 2.81. The van der Waals surface area contributed by atoms with Crippen molar-refractivity contribution in [2.24, 2.45) is 0 Å². The second-order valence-electron chi connectivity index (χ2n) is 14.2. The van der Waals surface area contributed by atoms with Gasteiger partial charge < -0.3 is 11.8 Å². The maximum atomic E-state index is 15.0. The third-order valence-corrected chi connectivity index (χ3v) is 11.2. The average Bonchev–Trinajstić information content (AvgIpc) is 3.84. The van der Waals surface area contributed by atoms with Gasteiger partial charge in [-0.15, -0.1) is 16.4 Å². The zero-order chi connectivity index (χ0) is 42.4. The molecular weight excluding hydrogens is 891 g/mol. The Bertz CT molecular complexity index is 1840. The fourth-order valence-corrected chi connectivity index (χ4v) is 8.43. The van der Waals surface area contributed by atoms with E-state index in [-0.39, 0.29) is 26.2 Å². The maximum absolute atomic E-state index is 15.0. The van der Waals surface area contributed by atoms with Crippen molar-refractivity contribution in [2.75, 3.05) is 0 Å². The van der Waals surface area contributed by atoms with Gasteiger partial charge in [0.2, 0.25) is 0 Å². The third kappa shape index (κ3) is 8.23. The smallest absolute Gasteiger partial charge is 0.364 e. The summed E-state index contributed by atoms with van der Waals surface area (Å²) in [7, 11) is 0. The molecule has 0 nitrogen and oxygen atoms in total. The molecule has 0 spiro atoms. The molecule has 306 valence electrons. The van der Waals surface area contributed by atoms with Crippen molar-refractivity contribution in [3.05, 3.63) is 155 Å². The zero-order valence-corrected chi connectivity index (χ0v) is 33.0. The van der Waals surface area contributed by atoms with E-state index in [1.54, 1.807) is 47.3 Å². The van der Waals surface area contributed by atoms with Crippen LogP contribution >= 0.6 is 0 Å². The molecule has 4 fully saturated rings. The van der Waals surface area contributed by atoms with Gasteiger partial charge in [-0.1, -0.05) is 25.7 Å². The van der Waals surface area contributed by atoms with Gasteiger partial charge in [0.15, 0.2) is 52.4 Å². The molecule has 0 N–H and O–H groups in total. The molecule has 7 rings (SSSR count). The summed E-state index contributed by atoms with van der Waals surface area (Å²) in [4.78, 5) is 0. The van der Waals surface area contributed by atoms with E-state index in [1.807, 2.05) is 0 Å². The molecule has 0 bridgehead atoms. The minimum Gasteiger partial charge on any atom is -0.364 e. The minimum atomic E-state index is -5.63. The van der Waals surface area contributed by atoms with Crippen molar-refractivity contribution in [3.8, 4) is 11.8 Å². The van der Waals surface area contributed by atoms with Crippen LogP contribution in [0, 0.1) is 167 Å². The van der Waals surface area contributed by atoms with Crippen molar-refractivity contribution in [3.63, 3.8) is 0 Å². The number of hydrogen-bond acceptors (Lipinski definition) is 0. The Labute approximate surface area is 351 Å². The third-order valence-electron chi connectivity index (χ3n) is 11.2. The van der Waals surface area contributed by atoms with Gasteiger partial charge in [-0.25, -0.2) is 65.9 Å². The molecule has 59 heavy (non-hydrogen) atoms. The van der Waals surface area contributed by atoms with E-state index in [4.69, 9.17) is 0 Å². The number of hydrogen-bond donors (Lipinski definition) is 0. The Morgan fingerprint density at radius 1 is 0.407 bits per heavy atom. The van der Waals surface area contributed by atoms with Crippen LogP contribution in [0.15, 0.2) is 0 Å². The molecule has 0 amide bonds. The summed E-state index contributed by atoms with van der Waals surface area (Å²) in [5.41, 5.74) is -8.10. The van der Waals surface area contributed by atoms with Crippen LogP contribution in [0.4, 0.5) is 65.9 Å². The molecule has 0 saturated heterocycles. The van der Waals surface area contributed by atoms with E-state index in [9.17, 15) is 39.5 Å². The number of halogens is 15. The average molecular weight is 920 g/mol. The summed E-state index contributed by atoms with van der Waals surface area (Å²) in [5, 5.41) is 0.